The molecule has 0 aliphatic rings. The zero-order valence-corrected chi connectivity index (χ0v) is 10.5. The summed E-state index contributed by atoms with van der Waals surface area (Å²) in [6.45, 7) is 0. The van der Waals surface area contributed by atoms with Crippen molar-refractivity contribution < 1.29 is 0 Å². The second-order valence-electron chi connectivity index (χ2n) is 3.60. The van der Waals surface area contributed by atoms with E-state index in [-0.39, 0.29) is 11.2 Å². The van der Waals surface area contributed by atoms with Gasteiger partial charge in [-0.1, -0.05) is 0 Å². The van der Waals surface area contributed by atoms with Crippen LogP contribution < -0.4 is 5.32 Å². The highest BCUT2D eigenvalue weighted by Crippen LogP contribution is 2.14. The second kappa shape index (κ2) is 4.61. The van der Waals surface area contributed by atoms with Crippen LogP contribution in [0.2, 0.25) is 5.28 Å². The van der Waals surface area contributed by atoms with Gasteiger partial charge in [-0.25, -0.2) is 4.98 Å². The Morgan fingerprint density at radius 3 is 2.79 bits per heavy atom. The van der Waals surface area contributed by atoms with Crippen LogP contribution in [0.15, 0.2) is 25.0 Å². The number of hydrogen-bond acceptors (Lipinski definition) is 7. The number of rotatable bonds is 3. The Balaban J connectivity index is 1.94. The molecule has 3 rings (SSSR count). The molecule has 0 unspecified atom stereocenters. The molecule has 0 radical (unpaired) electrons. The highest BCUT2D eigenvalue weighted by atomic mass is 35.5. The maximum Gasteiger partial charge on any atom is 0.258 e. The lowest BCUT2D eigenvalue weighted by atomic mass is 10.6. The van der Waals surface area contributed by atoms with Crippen molar-refractivity contribution >= 4 is 23.2 Å². The molecule has 19 heavy (non-hydrogen) atoms. The van der Waals surface area contributed by atoms with Crippen molar-refractivity contribution in [2.24, 2.45) is 7.05 Å². The standard InChI is InChI=1S/C9H8ClN9/c1-18-3-6(2-12-18)14-8-15-7(10)16-9(17-8)19-5-11-4-13-19/h2-5H,1H3,(H,14,15,16,17). The first-order chi connectivity index (χ1) is 9.20. The molecular weight excluding hydrogens is 270 g/mol. The van der Waals surface area contributed by atoms with Crippen LogP contribution in [0.3, 0.4) is 0 Å². The summed E-state index contributed by atoms with van der Waals surface area (Å²) in [5, 5.41) is 11.0. The van der Waals surface area contributed by atoms with Gasteiger partial charge in [0, 0.05) is 13.2 Å². The van der Waals surface area contributed by atoms with Gasteiger partial charge in [-0.15, -0.1) is 0 Å². The molecule has 3 aromatic rings. The van der Waals surface area contributed by atoms with E-state index in [0.717, 1.165) is 5.69 Å². The van der Waals surface area contributed by atoms with Crippen molar-refractivity contribution in [2.45, 2.75) is 0 Å². The minimum atomic E-state index is 0.0619. The molecule has 0 bridgehead atoms. The van der Waals surface area contributed by atoms with Gasteiger partial charge in [0.05, 0.1) is 11.9 Å². The van der Waals surface area contributed by atoms with Gasteiger partial charge in [0.15, 0.2) is 0 Å². The van der Waals surface area contributed by atoms with E-state index in [4.69, 9.17) is 11.6 Å². The summed E-state index contributed by atoms with van der Waals surface area (Å²) in [7, 11) is 1.81. The van der Waals surface area contributed by atoms with Crippen LogP contribution >= 0.6 is 11.6 Å². The van der Waals surface area contributed by atoms with Crippen LogP contribution in [0.25, 0.3) is 5.95 Å². The summed E-state index contributed by atoms with van der Waals surface area (Å²) in [5.74, 6) is 0.586. The molecule has 3 aromatic heterocycles. The maximum absolute atomic E-state index is 5.85. The Kier molecular flexibility index (Phi) is 2.80. The molecule has 0 spiro atoms. The Bertz CT molecular complexity index is 690. The number of hydrogen-bond donors (Lipinski definition) is 1. The Morgan fingerprint density at radius 1 is 1.21 bits per heavy atom. The number of anilines is 2. The molecule has 10 heteroatoms. The molecule has 3 heterocycles. The molecule has 0 saturated heterocycles. The summed E-state index contributed by atoms with van der Waals surface area (Å²) in [6, 6.07) is 0. The van der Waals surface area contributed by atoms with Gasteiger partial charge in [-0.3, -0.25) is 4.68 Å². The average molecular weight is 278 g/mol. The summed E-state index contributed by atoms with van der Waals surface area (Å²) in [4.78, 5) is 16.0. The first-order valence-electron chi connectivity index (χ1n) is 5.23. The van der Waals surface area contributed by atoms with E-state index in [1.807, 2.05) is 7.05 Å². The van der Waals surface area contributed by atoms with Crippen LogP contribution in [0.4, 0.5) is 11.6 Å². The summed E-state index contributed by atoms with van der Waals surface area (Å²) >= 11 is 5.85. The molecule has 0 fully saturated rings. The molecule has 1 N–H and O–H groups in total. The molecule has 0 saturated carbocycles. The van der Waals surface area contributed by atoms with Gasteiger partial charge in [-0.2, -0.15) is 29.8 Å². The lowest BCUT2D eigenvalue weighted by Crippen LogP contribution is -2.06. The monoisotopic (exact) mass is 277 g/mol. The van der Waals surface area contributed by atoms with E-state index < -0.39 is 0 Å². The van der Waals surface area contributed by atoms with Gasteiger partial charge < -0.3 is 5.32 Å². The molecule has 0 atom stereocenters. The fourth-order valence-corrected chi connectivity index (χ4v) is 1.58. The first kappa shape index (κ1) is 11.5. The molecule has 0 aliphatic heterocycles. The molecule has 0 amide bonds. The quantitative estimate of drug-likeness (QED) is 0.747. The fraction of sp³-hybridized carbons (Fsp3) is 0.111. The van der Waals surface area contributed by atoms with Crippen molar-refractivity contribution in [3.63, 3.8) is 0 Å². The predicted molar refractivity (Wildman–Crippen MR) is 66.2 cm³/mol. The van der Waals surface area contributed by atoms with Crippen LogP contribution in [-0.2, 0) is 7.05 Å². The number of halogens is 1. The van der Waals surface area contributed by atoms with E-state index in [1.54, 1.807) is 17.1 Å². The zero-order chi connectivity index (χ0) is 13.2. The molecule has 9 nitrogen and oxygen atoms in total. The van der Waals surface area contributed by atoms with Crippen LogP contribution in [0.5, 0.6) is 0 Å². The third kappa shape index (κ3) is 2.50. The zero-order valence-electron chi connectivity index (χ0n) is 9.77. The van der Waals surface area contributed by atoms with Gasteiger partial charge in [-0.05, 0) is 11.6 Å². The van der Waals surface area contributed by atoms with Gasteiger partial charge in [0.2, 0.25) is 11.2 Å². The van der Waals surface area contributed by atoms with E-state index in [2.05, 4.69) is 35.5 Å². The lowest BCUT2D eigenvalue weighted by Gasteiger charge is -2.04. The molecule has 0 aromatic carbocycles. The van der Waals surface area contributed by atoms with E-state index in [0.29, 0.717) is 5.95 Å². The topological polar surface area (TPSA) is 99.2 Å². The van der Waals surface area contributed by atoms with Crippen molar-refractivity contribution in [2.75, 3.05) is 5.32 Å². The number of aryl methyl sites for hydroxylation is 1. The largest absolute Gasteiger partial charge is 0.321 e. The maximum atomic E-state index is 5.85. The smallest absolute Gasteiger partial charge is 0.258 e. The first-order valence-corrected chi connectivity index (χ1v) is 5.61. The summed E-state index contributed by atoms with van der Waals surface area (Å²) < 4.78 is 3.05. The van der Waals surface area contributed by atoms with Crippen LogP contribution in [0.1, 0.15) is 0 Å². The highest BCUT2D eigenvalue weighted by Gasteiger charge is 2.08. The van der Waals surface area contributed by atoms with Crippen LogP contribution in [0, 0.1) is 0 Å². The Labute approximate surface area is 112 Å². The van der Waals surface area contributed by atoms with E-state index in [9.17, 15) is 0 Å². The fourth-order valence-electron chi connectivity index (χ4n) is 1.42. The molecule has 0 aliphatic carbocycles. The number of nitrogens with one attached hydrogen (secondary N) is 1. The van der Waals surface area contributed by atoms with Crippen molar-refractivity contribution in [1.82, 2.24) is 39.5 Å². The lowest BCUT2D eigenvalue weighted by molar-refractivity contribution is 0.768. The third-order valence-electron chi connectivity index (χ3n) is 2.18. The minimum absolute atomic E-state index is 0.0619. The van der Waals surface area contributed by atoms with E-state index >= 15 is 0 Å². The molecular formula is C9H8ClN9. The van der Waals surface area contributed by atoms with Gasteiger partial charge in [0.1, 0.15) is 12.7 Å². The SMILES string of the molecule is Cn1cc(Nc2nc(Cl)nc(-n3cncn3)n2)cn1. The molecule has 96 valence electrons. The van der Waals surface area contributed by atoms with Crippen molar-refractivity contribution in [3.05, 3.63) is 30.3 Å². The minimum Gasteiger partial charge on any atom is -0.321 e. The number of aromatic nitrogens is 8. The van der Waals surface area contributed by atoms with E-state index in [1.165, 1.54) is 17.3 Å². The van der Waals surface area contributed by atoms with Gasteiger partial charge >= 0.3 is 0 Å². The summed E-state index contributed by atoms with van der Waals surface area (Å²) in [6.07, 6.45) is 6.28. The van der Waals surface area contributed by atoms with Crippen molar-refractivity contribution in [3.8, 4) is 5.95 Å². The van der Waals surface area contributed by atoms with Gasteiger partial charge in [0.25, 0.3) is 5.95 Å². The Morgan fingerprint density at radius 2 is 2.11 bits per heavy atom. The predicted octanol–water partition coefficient (Wildman–Crippen LogP) is 0.583. The average Bonchev–Trinajstić information content (AvgIpc) is 3.00. The summed E-state index contributed by atoms with van der Waals surface area (Å²) in [5.41, 5.74) is 0.745. The highest BCUT2D eigenvalue weighted by molar-refractivity contribution is 6.28. The second-order valence-corrected chi connectivity index (χ2v) is 3.93. The normalized spacial score (nSPS) is 10.6. The third-order valence-corrected chi connectivity index (χ3v) is 2.35. The Hall–Kier alpha value is -2.55. The van der Waals surface area contributed by atoms with Crippen molar-refractivity contribution in [1.29, 1.82) is 0 Å². The van der Waals surface area contributed by atoms with Crippen LogP contribution in [-0.4, -0.2) is 39.5 Å². The number of nitrogens with zero attached hydrogens (tertiary/aromatic N) is 8.